The van der Waals surface area contributed by atoms with E-state index in [0.29, 0.717) is 5.56 Å². The quantitative estimate of drug-likeness (QED) is 0.547. The second kappa shape index (κ2) is 13.3. The van der Waals surface area contributed by atoms with Crippen molar-refractivity contribution in [3.63, 3.8) is 0 Å². The fourth-order valence-electron chi connectivity index (χ4n) is 2.62. The van der Waals surface area contributed by atoms with Crippen LogP contribution in [0.15, 0.2) is 61.2 Å². The van der Waals surface area contributed by atoms with E-state index in [4.69, 9.17) is 0 Å². The van der Waals surface area contributed by atoms with E-state index in [1.165, 1.54) is 0 Å². The zero-order valence-electron chi connectivity index (χ0n) is 18.8. The van der Waals surface area contributed by atoms with Gasteiger partial charge in [0.1, 0.15) is 5.01 Å². The van der Waals surface area contributed by atoms with Crippen LogP contribution in [0.25, 0.3) is 22.7 Å². The van der Waals surface area contributed by atoms with E-state index in [-0.39, 0.29) is 5.91 Å². The Balaban J connectivity index is 0.00000106. The number of carbonyl (C=O) groups is 1. The van der Waals surface area contributed by atoms with Crippen molar-refractivity contribution in [2.24, 2.45) is 0 Å². The van der Waals surface area contributed by atoms with E-state index in [0.717, 1.165) is 31.7 Å². The molecule has 0 fully saturated rings. The lowest BCUT2D eigenvalue weighted by Gasteiger charge is -2.07. The number of aromatic nitrogens is 1. The Morgan fingerprint density at radius 1 is 1.07 bits per heavy atom. The SMILES string of the molecule is C=C/C=c1/sc(-c2cccc(NC(=O)c3cccc(C)c3)c2)n/c1=C/C.CC.CC. The van der Waals surface area contributed by atoms with Crippen molar-refractivity contribution in [2.75, 3.05) is 5.32 Å². The molecule has 0 atom stereocenters. The van der Waals surface area contributed by atoms with Crippen molar-refractivity contribution in [3.8, 4) is 10.6 Å². The molecular formula is C26H32N2OS. The van der Waals surface area contributed by atoms with Crippen LogP contribution in [0.5, 0.6) is 0 Å². The van der Waals surface area contributed by atoms with Gasteiger partial charge in [0.25, 0.3) is 5.91 Å². The maximum Gasteiger partial charge on any atom is 0.255 e. The summed E-state index contributed by atoms with van der Waals surface area (Å²) in [6, 6.07) is 15.3. The van der Waals surface area contributed by atoms with Crippen LogP contribution in [0.4, 0.5) is 5.69 Å². The van der Waals surface area contributed by atoms with Crippen molar-refractivity contribution >= 4 is 35.1 Å². The summed E-state index contributed by atoms with van der Waals surface area (Å²) in [5.41, 5.74) is 3.43. The van der Waals surface area contributed by atoms with Gasteiger partial charge in [0.15, 0.2) is 0 Å². The predicted molar refractivity (Wildman–Crippen MR) is 133 cm³/mol. The number of hydrogen-bond donors (Lipinski definition) is 1. The minimum Gasteiger partial charge on any atom is -0.322 e. The van der Waals surface area contributed by atoms with Gasteiger partial charge in [0.05, 0.1) is 9.88 Å². The number of benzene rings is 2. The van der Waals surface area contributed by atoms with Gasteiger partial charge in [-0.15, -0.1) is 11.3 Å². The van der Waals surface area contributed by atoms with Crippen LogP contribution in [-0.2, 0) is 0 Å². The van der Waals surface area contributed by atoms with Crippen molar-refractivity contribution in [1.82, 2.24) is 4.98 Å². The number of aryl methyl sites for hydroxylation is 1. The molecule has 0 aliphatic carbocycles. The summed E-state index contributed by atoms with van der Waals surface area (Å²) in [5.74, 6) is -0.117. The van der Waals surface area contributed by atoms with Crippen LogP contribution >= 0.6 is 11.3 Å². The molecule has 1 N–H and O–H groups in total. The number of hydrogen-bond acceptors (Lipinski definition) is 3. The zero-order chi connectivity index (χ0) is 22.5. The largest absolute Gasteiger partial charge is 0.322 e. The Morgan fingerprint density at radius 2 is 1.77 bits per heavy atom. The first-order valence-corrected chi connectivity index (χ1v) is 11.2. The van der Waals surface area contributed by atoms with E-state index >= 15 is 0 Å². The minimum atomic E-state index is -0.117. The first-order valence-electron chi connectivity index (χ1n) is 10.3. The Hall–Kier alpha value is -2.98. The third-order valence-electron chi connectivity index (χ3n) is 3.87. The van der Waals surface area contributed by atoms with Crippen LogP contribution in [-0.4, -0.2) is 10.9 Å². The van der Waals surface area contributed by atoms with E-state index in [9.17, 15) is 4.79 Å². The highest BCUT2D eigenvalue weighted by molar-refractivity contribution is 7.13. The van der Waals surface area contributed by atoms with E-state index in [1.807, 2.05) is 102 Å². The van der Waals surface area contributed by atoms with Gasteiger partial charge in [-0.3, -0.25) is 4.79 Å². The molecule has 4 heteroatoms. The third kappa shape index (κ3) is 6.82. The van der Waals surface area contributed by atoms with Gasteiger partial charge in [-0.2, -0.15) is 0 Å². The first-order chi connectivity index (χ1) is 14.6. The van der Waals surface area contributed by atoms with Gasteiger partial charge >= 0.3 is 0 Å². The smallest absolute Gasteiger partial charge is 0.255 e. The van der Waals surface area contributed by atoms with Crippen LogP contribution in [0.3, 0.4) is 0 Å². The molecule has 0 bridgehead atoms. The Kier molecular flexibility index (Phi) is 11.1. The summed E-state index contributed by atoms with van der Waals surface area (Å²) in [5, 5.41) is 4.82. The topological polar surface area (TPSA) is 42.0 Å². The van der Waals surface area contributed by atoms with E-state index < -0.39 is 0 Å². The monoisotopic (exact) mass is 420 g/mol. The minimum absolute atomic E-state index is 0.117. The standard InChI is InChI=1S/C22H20N2OS.2C2H6/c1-4-8-20-19(5-2)24-22(26-20)17-11-7-12-18(14-17)23-21(25)16-10-6-9-15(3)13-16;2*1-2/h4-14H,1H2,2-3H3,(H,23,25);2*1-2H3/b19-5+,20-8+;;. The molecule has 0 radical (unpaired) electrons. The number of carbonyl (C=O) groups excluding carboxylic acids is 1. The zero-order valence-corrected chi connectivity index (χ0v) is 19.6. The van der Waals surface area contributed by atoms with Gasteiger partial charge < -0.3 is 5.32 Å². The number of rotatable bonds is 4. The van der Waals surface area contributed by atoms with Crippen LogP contribution in [0, 0.1) is 6.92 Å². The summed E-state index contributed by atoms with van der Waals surface area (Å²) >= 11 is 1.61. The van der Waals surface area contributed by atoms with Gasteiger partial charge in [0.2, 0.25) is 0 Å². The summed E-state index contributed by atoms with van der Waals surface area (Å²) in [7, 11) is 0. The molecule has 0 aliphatic heterocycles. The molecule has 0 unspecified atom stereocenters. The first kappa shape index (κ1) is 25.1. The van der Waals surface area contributed by atoms with Crippen LogP contribution in [0.1, 0.15) is 50.5 Å². The highest BCUT2D eigenvalue weighted by Gasteiger charge is 2.08. The molecule has 0 spiro atoms. The van der Waals surface area contributed by atoms with Gasteiger partial charge in [-0.25, -0.2) is 4.98 Å². The highest BCUT2D eigenvalue weighted by atomic mass is 32.1. The molecule has 3 nitrogen and oxygen atoms in total. The lowest BCUT2D eigenvalue weighted by Crippen LogP contribution is -2.19. The predicted octanol–water partition coefficient (Wildman–Crippen LogP) is 6.19. The molecule has 1 amide bonds. The Bertz CT molecular complexity index is 1080. The van der Waals surface area contributed by atoms with Crippen LogP contribution in [0.2, 0.25) is 0 Å². The van der Waals surface area contributed by atoms with Gasteiger partial charge in [-0.05, 0) is 44.2 Å². The molecular weight excluding hydrogens is 388 g/mol. The number of anilines is 1. The summed E-state index contributed by atoms with van der Waals surface area (Å²) in [6.45, 7) is 15.7. The van der Waals surface area contributed by atoms with Crippen LogP contribution < -0.4 is 15.2 Å². The van der Waals surface area contributed by atoms with Crippen molar-refractivity contribution < 1.29 is 4.79 Å². The van der Waals surface area contributed by atoms with Gasteiger partial charge in [0, 0.05) is 16.8 Å². The third-order valence-corrected chi connectivity index (χ3v) is 4.96. The molecule has 0 saturated carbocycles. The van der Waals surface area contributed by atoms with E-state index in [1.54, 1.807) is 17.4 Å². The number of thiazole rings is 1. The Labute approximate surface area is 184 Å². The molecule has 1 aromatic heterocycles. The molecule has 1 heterocycles. The molecule has 2 aromatic carbocycles. The maximum absolute atomic E-state index is 12.5. The fraction of sp³-hybridized carbons (Fsp3) is 0.231. The van der Waals surface area contributed by atoms with Crippen molar-refractivity contribution in [1.29, 1.82) is 0 Å². The van der Waals surface area contributed by atoms with Crippen molar-refractivity contribution in [2.45, 2.75) is 41.5 Å². The van der Waals surface area contributed by atoms with Crippen molar-refractivity contribution in [3.05, 3.63) is 82.2 Å². The lowest BCUT2D eigenvalue weighted by atomic mass is 10.1. The molecule has 0 saturated heterocycles. The lowest BCUT2D eigenvalue weighted by molar-refractivity contribution is 0.102. The summed E-state index contributed by atoms with van der Waals surface area (Å²) in [6.07, 6.45) is 5.71. The maximum atomic E-state index is 12.5. The average molecular weight is 421 g/mol. The van der Waals surface area contributed by atoms with Gasteiger partial charge in [-0.1, -0.05) is 76.3 Å². The average Bonchev–Trinajstić information content (AvgIpc) is 3.20. The van der Waals surface area contributed by atoms with E-state index in [2.05, 4.69) is 16.9 Å². The molecule has 3 aromatic rings. The molecule has 3 rings (SSSR count). The molecule has 158 valence electrons. The number of amides is 1. The second-order valence-corrected chi connectivity index (χ2v) is 6.89. The normalized spacial score (nSPS) is 11.0. The summed E-state index contributed by atoms with van der Waals surface area (Å²) < 4.78 is 1.08. The second-order valence-electron chi connectivity index (χ2n) is 5.86. The highest BCUT2D eigenvalue weighted by Crippen LogP contribution is 2.22. The number of nitrogens with one attached hydrogen (secondary N) is 1. The Morgan fingerprint density at radius 3 is 2.40 bits per heavy atom. The molecule has 0 aliphatic rings. The fourth-order valence-corrected chi connectivity index (χ4v) is 3.65. The number of nitrogens with zero attached hydrogens (tertiary/aromatic N) is 1. The number of allylic oxidation sites excluding steroid dienone is 1. The molecule has 30 heavy (non-hydrogen) atoms. The summed E-state index contributed by atoms with van der Waals surface area (Å²) in [4.78, 5) is 17.1.